The first kappa shape index (κ1) is 11.1. The van der Waals surface area contributed by atoms with E-state index in [9.17, 15) is 0 Å². The zero-order valence-electron chi connectivity index (χ0n) is 10.8. The van der Waals surface area contributed by atoms with E-state index in [1.54, 1.807) is 7.11 Å². The lowest BCUT2D eigenvalue weighted by Crippen LogP contribution is -1.90. The van der Waals surface area contributed by atoms with Crippen molar-refractivity contribution in [3.8, 4) is 16.9 Å². The van der Waals surface area contributed by atoms with Crippen LogP contribution in [0.1, 0.15) is 11.1 Å². The Hall–Kier alpha value is -1.96. The highest BCUT2D eigenvalue weighted by Crippen LogP contribution is 2.30. The van der Waals surface area contributed by atoms with E-state index in [0.29, 0.717) is 0 Å². The largest absolute Gasteiger partial charge is 0.496 e. The molecule has 0 bridgehead atoms. The highest BCUT2D eigenvalue weighted by molar-refractivity contribution is 5.71. The van der Waals surface area contributed by atoms with Gasteiger partial charge in [-0.2, -0.15) is 0 Å². The highest BCUT2D eigenvalue weighted by Gasteiger charge is 2.11. The molecule has 2 heteroatoms. The molecule has 0 spiro atoms. The van der Waals surface area contributed by atoms with Gasteiger partial charge in [-0.25, -0.2) is 0 Å². The summed E-state index contributed by atoms with van der Waals surface area (Å²) in [7, 11) is 1.71. The Labute approximate surface area is 108 Å². The summed E-state index contributed by atoms with van der Waals surface area (Å²) in [4.78, 5) is 0. The lowest BCUT2D eigenvalue weighted by molar-refractivity contribution is 0.412. The van der Waals surface area contributed by atoms with Crippen LogP contribution in [-0.2, 0) is 6.42 Å². The molecule has 2 aromatic carbocycles. The number of nitrogens with one attached hydrogen (secondary N) is 1. The number of aryl methyl sites for hydroxylation is 1. The Morgan fingerprint density at radius 3 is 2.61 bits per heavy atom. The zero-order valence-corrected chi connectivity index (χ0v) is 10.8. The minimum absolute atomic E-state index is 0.946. The second kappa shape index (κ2) is 4.37. The van der Waals surface area contributed by atoms with Gasteiger partial charge in [-0.3, -0.25) is 0 Å². The van der Waals surface area contributed by atoms with Crippen LogP contribution in [-0.4, -0.2) is 13.7 Å². The maximum atomic E-state index is 5.30. The number of hydrogen-bond donors (Lipinski definition) is 1. The Kier molecular flexibility index (Phi) is 2.71. The summed E-state index contributed by atoms with van der Waals surface area (Å²) in [6.07, 6.45) is 1.12. The van der Waals surface area contributed by atoms with Crippen LogP contribution in [0.5, 0.6) is 5.75 Å². The summed E-state index contributed by atoms with van der Waals surface area (Å²) in [5, 5.41) is 3.39. The van der Waals surface area contributed by atoms with Gasteiger partial charge in [-0.05, 0) is 59.9 Å². The summed E-state index contributed by atoms with van der Waals surface area (Å²) < 4.78 is 5.30. The standard InChI is InChI=1S/C16H17NO/c1-11-9-12(4-6-16(11)18-2)13-3-5-15-14(10-13)7-8-17-15/h3-6,9-10,17H,7-8H2,1-2H3. The lowest BCUT2D eigenvalue weighted by atomic mass is 10.00. The van der Waals surface area contributed by atoms with Gasteiger partial charge in [-0.15, -0.1) is 0 Å². The summed E-state index contributed by atoms with van der Waals surface area (Å²) in [6.45, 7) is 3.14. The molecule has 1 heterocycles. The number of anilines is 1. The molecule has 18 heavy (non-hydrogen) atoms. The van der Waals surface area contributed by atoms with E-state index in [2.05, 4.69) is 42.6 Å². The normalized spacial score (nSPS) is 13.0. The van der Waals surface area contributed by atoms with Gasteiger partial charge in [0.05, 0.1) is 7.11 Å². The molecule has 0 atom stereocenters. The first-order valence-electron chi connectivity index (χ1n) is 6.30. The molecule has 3 rings (SSSR count). The van der Waals surface area contributed by atoms with Crippen molar-refractivity contribution in [2.45, 2.75) is 13.3 Å². The fraction of sp³-hybridized carbons (Fsp3) is 0.250. The van der Waals surface area contributed by atoms with Crippen LogP contribution in [0.2, 0.25) is 0 Å². The number of methoxy groups -OCH3 is 1. The van der Waals surface area contributed by atoms with Crippen molar-refractivity contribution in [3.63, 3.8) is 0 Å². The number of benzene rings is 2. The quantitative estimate of drug-likeness (QED) is 0.864. The summed E-state index contributed by atoms with van der Waals surface area (Å²) >= 11 is 0. The van der Waals surface area contributed by atoms with Gasteiger partial charge in [0.25, 0.3) is 0 Å². The van der Waals surface area contributed by atoms with Crippen LogP contribution in [0.25, 0.3) is 11.1 Å². The summed E-state index contributed by atoms with van der Waals surface area (Å²) in [5.74, 6) is 0.946. The zero-order chi connectivity index (χ0) is 12.5. The van der Waals surface area contributed by atoms with E-state index in [1.807, 2.05) is 6.07 Å². The third-order valence-electron chi connectivity index (χ3n) is 3.54. The Bertz CT molecular complexity index is 590. The fourth-order valence-corrected chi connectivity index (χ4v) is 2.54. The molecule has 0 saturated heterocycles. The lowest BCUT2D eigenvalue weighted by Gasteiger charge is -2.09. The fourth-order valence-electron chi connectivity index (χ4n) is 2.54. The second-order valence-electron chi connectivity index (χ2n) is 4.73. The van der Waals surface area contributed by atoms with Gasteiger partial charge in [0, 0.05) is 12.2 Å². The first-order valence-corrected chi connectivity index (χ1v) is 6.30. The average molecular weight is 239 g/mol. The summed E-state index contributed by atoms with van der Waals surface area (Å²) in [5.41, 5.74) is 6.41. The van der Waals surface area contributed by atoms with Crippen molar-refractivity contribution < 1.29 is 4.74 Å². The molecule has 2 nitrogen and oxygen atoms in total. The molecule has 0 fully saturated rings. The van der Waals surface area contributed by atoms with Crippen LogP contribution in [0.3, 0.4) is 0 Å². The molecule has 2 aromatic rings. The highest BCUT2D eigenvalue weighted by atomic mass is 16.5. The number of fused-ring (bicyclic) bond motifs is 1. The van der Waals surface area contributed by atoms with Crippen LogP contribution >= 0.6 is 0 Å². The van der Waals surface area contributed by atoms with E-state index in [1.165, 1.54) is 27.9 Å². The van der Waals surface area contributed by atoms with Gasteiger partial charge in [0.2, 0.25) is 0 Å². The molecule has 0 aromatic heterocycles. The third-order valence-corrected chi connectivity index (χ3v) is 3.54. The molecule has 0 radical (unpaired) electrons. The van der Waals surface area contributed by atoms with Gasteiger partial charge < -0.3 is 10.1 Å². The number of rotatable bonds is 2. The number of ether oxygens (including phenoxy) is 1. The monoisotopic (exact) mass is 239 g/mol. The van der Waals surface area contributed by atoms with Crippen molar-refractivity contribution in [2.24, 2.45) is 0 Å². The van der Waals surface area contributed by atoms with Crippen LogP contribution in [0, 0.1) is 6.92 Å². The van der Waals surface area contributed by atoms with Crippen molar-refractivity contribution in [1.82, 2.24) is 0 Å². The van der Waals surface area contributed by atoms with Crippen LogP contribution in [0.15, 0.2) is 36.4 Å². The van der Waals surface area contributed by atoms with E-state index >= 15 is 0 Å². The SMILES string of the molecule is COc1ccc(-c2ccc3c(c2)CCN3)cc1C. The molecule has 1 aliphatic heterocycles. The van der Waals surface area contributed by atoms with Crippen molar-refractivity contribution >= 4 is 5.69 Å². The molecule has 92 valence electrons. The maximum Gasteiger partial charge on any atom is 0.121 e. The molecule has 0 amide bonds. The average Bonchev–Trinajstić information content (AvgIpc) is 2.85. The van der Waals surface area contributed by atoms with E-state index < -0.39 is 0 Å². The van der Waals surface area contributed by atoms with Gasteiger partial charge in [0.1, 0.15) is 5.75 Å². The summed E-state index contributed by atoms with van der Waals surface area (Å²) in [6, 6.07) is 13.0. The van der Waals surface area contributed by atoms with E-state index in [0.717, 1.165) is 18.7 Å². The minimum Gasteiger partial charge on any atom is -0.496 e. The molecule has 1 aliphatic rings. The molecule has 0 aliphatic carbocycles. The van der Waals surface area contributed by atoms with Crippen molar-refractivity contribution in [2.75, 3.05) is 19.0 Å². The topological polar surface area (TPSA) is 21.3 Å². The van der Waals surface area contributed by atoms with Gasteiger partial charge in [-0.1, -0.05) is 12.1 Å². The first-order chi connectivity index (χ1) is 8.78. The van der Waals surface area contributed by atoms with Crippen LogP contribution < -0.4 is 10.1 Å². The maximum absolute atomic E-state index is 5.30. The molecular formula is C16H17NO. The Balaban J connectivity index is 2.02. The van der Waals surface area contributed by atoms with Crippen LogP contribution in [0.4, 0.5) is 5.69 Å². The molecular weight excluding hydrogens is 222 g/mol. The molecule has 0 unspecified atom stereocenters. The second-order valence-corrected chi connectivity index (χ2v) is 4.73. The minimum atomic E-state index is 0.946. The molecule has 1 N–H and O–H groups in total. The van der Waals surface area contributed by atoms with E-state index in [-0.39, 0.29) is 0 Å². The Morgan fingerprint density at radius 2 is 1.83 bits per heavy atom. The van der Waals surface area contributed by atoms with E-state index in [4.69, 9.17) is 4.74 Å². The van der Waals surface area contributed by atoms with Crippen molar-refractivity contribution in [1.29, 1.82) is 0 Å². The van der Waals surface area contributed by atoms with Crippen molar-refractivity contribution in [3.05, 3.63) is 47.5 Å². The smallest absolute Gasteiger partial charge is 0.121 e. The predicted molar refractivity (Wildman–Crippen MR) is 75.4 cm³/mol. The van der Waals surface area contributed by atoms with Gasteiger partial charge in [0.15, 0.2) is 0 Å². The third kappa shape index (κ3) is 1.84. The predicted octanol–water partition coefficient (Wildman–Crippen LogP) is 3.64. The van der Waals surface area contributed by atoms with Gasteiger partial charge >= 0.3 is 0 Å². The molecule has 0 saturated carbocycles. The number of hydrogen-bond acceptors (Lipinski definition) is 2. The Morgan fingerprint density at radius 1 is 1.06 bits per heavy atom.